The summed E-state index contributed by atoms with van der Waals surface area (Å²) in [6.45, 7) is 8.17. The van der Waals surface area contributed by atoms with Crippen molar-refractivity contribution in [2.45, 2.75) is 52.6 Å². The van der Waals surface area contributed by atoms with E-state index in [1.54, 1.807) is 0 Å². The standard InChI is InChI=1S/C17H32N2O/c1-5-15(9-8-12-18-4)19-13-20-17-11-7-6-10-16(17)14(2)3/h5,8-9,14,16-19H,6-7,10-13H2,1-4H3/b9-8-,15-5-/t16?,17-/m0/s1. The molecule has 116 valence electrons. The lowest BCUT2D eigenvalue weighted by Crippen LogP contribution is -2.34. The Hall–Kier alpha value is -0.800. The first kappa shape index (κ1) is 17.3. The number of likely N-dealkylation sites (N-methyl/N-ethyl adjacent to an activating group) is 1. The molecule has 1 aliphatic rings. The van der Waals surface area contributed by atoms with Crippen molar-refractivity contribution in [1.29, 1.82) is 0 Å². The first-order valence-electron chi connectivity index (χ1n) is 8.02. The van der Waals surface area contributed by atoms with E-state index in [2.05, 4.69) is 42.7 Å². The molecule has 0 aromatic heterocycles. The Labute approximate surface area is 124 Å². The molecule has 3 nitrogen and oxygen atoms in total. The van der Waals surface area contributed by atoms with E-state index in [4.69, 9.17) is 4.74 Å². The summed E-state index contributed by atoms with van der Waals surface area (Å²) < 4.78 is 6.09. The van der Waals surface area contributed by atoms with Crippen LogP contribution in [0.15, 0.2) is 23.9 Å². The first-order chi connectivity index (χ1) is 9.69. The summed E-state index contributed by atoms with van der Waals surface area (Å²) in [5.74, 6) is 1.44. The topological polar surface area (TPSA) is 33.3 Å². The molecule has 0 saturated heterocycles. The van der Waals surface area contributed by atoms with Crippen LogP contribution in [0, 0.1) is 11.8 Å². The van der Waals surface area contributed by atoms with Crippen molar-refractivity contribution in [3.8, 4) is 0 Å². The third-order valence-electron chi connectivity index (χ3n) is 4.11. The van der Waals surface area contributed by atoms with E-state index in [-0.39, 0.29) is 0 Å². The van der Waals surface area contributed by atoms with E-state index in [0.29, 0.717) is 12.8 Å². The van der Waals surface area contributed by atoms with E-state index in [1.165, 1.54) is 25.7 Å². The van der Waals surface area contributed by atoms with Gasteiger partial charge in [0.05, 0.1) is 6.10 Å². The molecule has 0 aliphatic heterocycles. The van der Waals surface area contributed by atoms with Gasteiger partial charge in [-0.05, 0) is 44.7 Å². The summed E-state index contributed by atoms with van der Waals surface area (Å²) in [6.07, 6.45) is 11.9. The van der Waals surface area contributed by atoms with Crippen molar-refractivity contribution >= 4 is 0 Å². The van der Waals surface area contributed by atoms with Crippen LogP contribution in [0.1, 0.15) is 46.5 Å². The third kappa shape index (κ3) is 6.10. The fourth-order valence-corrected chi connectivity index (χ4v) is 2.89. The minimum absolute atomic E-state index is 0.427. The highest BCUT2D eigenvalue weighted by atomic mass is 16.5. The molecule has 0 bridgehead atoms. The van der Waals surface area contributed by atoms with Gasteiger partial charge in [0.2, 0.25) is 0 Å². The molecule has 3 heteroatoms. The van der Waals surface area contributed by atoms with Gasteiger partial charge in [-0.2, -0.15) is 0 Å². The Bertz CT molecular complexity index is 310. The van der Waals surface area contributed by atoms with Gasteiger partial charge >= 0.3 is 0 Å². The minimum atomic E-state index is 0.427. The Morgan fingerprint density at radius 1 is 1.30 bits per heavy atom. The van der Waals surface area contributed by atoms with Crippen molar-refractivity contribution in [3.05, 3.63) is 23.9 Å². The van der Waals surface area contributed by atoms with Crippen molar-refractivity contribution < 1.29 is 4.74 Å². The van der Waals surface area contributed by atoms with E-state index in [9.17, 15) is 0 Å². The summed E-state index contributed by atoms with van der Waals surface area (Å²) >= 11 is 0. The number of hydrogen-bond acceptors (Lipinski definition) is 3. The van der Waals surface area contributed by atoms with Gasteiger partial charge in [-0.25, -0.2) is 0 Å². The summed E-state index contributed by atoms with van der Waals surface area (Å²) in [5, 5.41) is 6.46. The van der Waals surface area contributed by atoms with Gasteiger partial charge in [-0.3, -0.25) is 0 Å². The summed E-state index contributed by atoms with van der Waals surface area (Å²) in [4.78, 5) is 0. The van der Waals surface area contributed by atoms with Crippen LogP contribution in [0.4, 0.5) is 0 Å². The molecule has 0 heterocycles. The minimum Gasteiger partial charge on any atom is -0.363 e. The van der Waals surface area contributed by atoms with Gasteiger partial charge in [0.25, 0.3) is 0 Å². The molecular weight excluding hydrogens is 248 g/mol. The highest BCUT2D eigenvalue weighted by molar-refractivity contribution is 5.15. The predicted molar refractivity (Wildman–Crippen MR) is 86.5 cm³/mol. The van der Waals surface area contributed by atoms with Crippen molar-refractivity contribution in [1.82, 2.24) is 10.6 Å². The molecule has 0 amide bonds. The second-order valence-corrected chi connectivity index (χ2v) is 5.92. The van der Waals surface area contributed by atoms with Gasteiger partial charge in [0.15, 0.2) is 0 Å². The quantitative estimate of drug-likeness (QED) is 0.528. The summed E-state index contributed by atoms with van der Waals surface area (Å²) in [5.41, 5.74) is 1.12. The number of hydrogen-bond donors (Lipinski definition) is 2. The monoisotopic (exact) mass is 280 g/mol. The zero-order valence-corrected chi connectivity index (χ0v) is 13.6. The van der Waals surface area contributed by atoms with Crippen LogP contribution in [0.2, 0.25) is 0 Å². The maximum Gasteiger partial charge on any atom is 0.116 e. The molecule has 0 radical (unpaired) electrons. The highest BCUT2D eigenvalue weighted by Crippen LogP contribution is 2.31. The fraction of sp³-hybridized carbons (Fsp3) is 0.765. The van der Waals surface area contributed by atoms with Crippen LogP contribution in [-0.4, -0.2) is 26.4 Å². The lowest BCUT2D eigenvalue weighted by atomic mass is 9.79. The molecule has 1 rings (SSSR count). The fourth-order valence-electron chi connectivity index (χ4n) is 2.89. The lowest BCUT2D eigenvalue weighted by Gasteiger charge is -2.34. The van der Waals surface area contributed by atoms with E-state index < -0.39 is 0 Å². The van der Waals surface area contributed by atoms with E-state index >= 15 is 0 Å². The summed E-state index contributed by atoms with van der Waals surface area (Å²) in [7, 11) is 1.95. The first-order valence-corrected chi connectivity index (χ1v) is 8.02. The average molecular weight is 280 g/mol. The molecule has 1 unspecified atom stereocenters. The van der Waals surface area contributed by atoms with Crippen molar-refractivity contribution in [2.24, 2.45) is 11.8 Å². The molecule has 2 atom stereocenters. The van der Waals surface area contributed by atoms with E-state index in [0.717, 1.165) is 24.1 Å². The Balaban J connectivity index is 2.34. The molecule has 2 N–H and O–H groups in total. The van der Waals surface area contributed by atoms with Crippen LogP contribution in [-0.2, 0) is 4.74 Å². The maximum atomic E-state index is 6.09. The maximum absolute atomic E-state index is 6.09. The SMILES string of the molecule is C/C=C(/C=C\CNC)NCO[C@H]1CCCCC1C(C)C. The second-order valence-electron chi connectivity index (χ2n) is 5.92. The predicted octanol–water partition coefficient (Wildman–Crippen LogP) is 3.44. The normalized spacial score (nSPS) is 24.6. The molecular formula is C17H32N2O. The van der Waals surface area contributed by atoms with Crippen LogP contribution >= 0.6 is 0 Å². The van der Waals surface area contributed by atoms with Gasteiger partial charge < -0.3 is 15.4 Å². The van der Waals surface area contributed by atoms with Crippen molar-refractivity contribution in [2.75, 3.05) is 20.3 Å². The van der Waals surface area contributed by atoms with Gasteiger partial charge in [-0.15, -0.1) is 0 Å². The molecule has 20 heavy (non-hydrogen) atoms. The zero-order chi connectivity index (χ0) is 14.8. The molecule has 0 aromatic carbocycles. The number of nitrogens with one attached hydrogen (secondary N) is 2. The number of rotatable bonds is 8. The van der Waals surface area contributed by atoms with Gasteiger partial charge in [-0.1, -0.05) is 38.8 Å². The van der Waals surface area contributed by atoms with Gasteiger partial charge in [0, 0.05) is 12.2 Å². The van der Waals surface area contributed by atoms with Crippen LogP contribution in [0.5, 0.6) is 0 Å². The van der Waals surface area contributed by atoms with Crippen LogP contribution in [0.25, 0.3) is 0 Å². The highest BCUT2D eigenvalue weighted by Gasteiger charge is 2.27. The zero-order valence-electron chi connectivity index (χ0n) is 13.6. The molecule has 1 aliphatic carbocycles. The largest absolute Gasteiger partial charge is 0.363 e. The lowest BCUT2D eigenvalue weighted by molar-refractivity contribution is -0.0305. The smallest absolute Gasteiger partial charge is 0.116 e. The third-order valence-corrected chi connectivity index (χ3v) is 4.11. The molecule has 1 fully saturated rings. The Morgan fingerprint density at radius 3 is 2.70 bits per heavy atom. The molecule has 0 spiro atoms. The summed E-state index contributed by atoms with van der Waals surface area (Å²) in [6, 6.07) is 0. The average Bonchev–Trinajstić information content (AvgIpc) is 2.46. The van der Waals surface area contributed by atoms with Crippen LogP contribution in [0.3, 0.4) is 0 Å². The number of allylic oxidation sites excluding steroid dienone is 2. The van der Waals surface area contributed by atoms with E-state index in [1.807, 2.05) is 14.0 Å². The number of ether oxygens (including phenoxy) is 1. The van der Waals surface area contributed by atoms with Gasteiger partial charge in [0.1, 0.15) is 6.73 Å². The second kappa shape index (κ2) is 10.0. The Morgan fingerprint density at radius 2 is 2.05 bits per heavy atom. The van der Waals surface area contributed by atoms with Crippen molar-refractivity contribution in [3.63, 3.8) is 0 Å². The molecule has 1 saturated carbocycles. The molecule has 0 aromatic rings. The van der Waals surface area contributed by atoms with Crippen LogP contribution < -0.4 is 10.6 Å². The Kier molecular flexibility index (Phi) is 8.63.